The number of rotatable bonds is 5. The third kappa shape index (κ3) is 3.61. The maximum absolute atomic E-state index is 11.7. The summed E-state index contributed by atoms with van der Waals surface area (Å²) >= 11 is 0. The highest BCUT2D eigenvalue weighted by Gasteiger charge is 2.33. The Morgan fingerprint density at radius 1 is 1.35 bits per heavy atom. The average Bonchev–Trinajstić information content (AvgIpc) is 2.77. The molecule has 0 aromatic heterocycles. The Hall–Kier alpha value is -1.80. The fourth-order valence-electron chi connectivity index (χ4n) is 1.78. The van der Waals surface area contributed by atoms with Crippen LogP contribution < -0.4 is 9.64 Å². The van der Waals surface area contributed by atoms with Crippen LogP contribution in [0.2, 0.25) is 0 Å². The number of carbonyl (C=O) groups is 1. The van der Waals surface area contributed by atoms with E-state index in [9.17, 15) is 13.2 Å². The van der Waals surface area contributed by atoms with Crippen LogP contribution in [0.25, 0.3) is 0 Å². The molecule has 0 spiro atoms. The Balaban J connectivity index is 2.01. The Morgan fingerprint density at radius 2 is 2.00 bits per heavy atom. The Bertz CT molecular complexity index is 582. The molecule has 20 heavy (non-hydrogen) atoms. The van der Waals surface area contributed by atoms with Gasteiger partial charge >= 0.3 is 6.09 Å². The zero-order valence-corrected chi connectivity index (χ0v) is 11.9. The zero-order valence-electron chi connectivity index (χ0n) is 11.1. The molecule has 1 aromatic carbocycles. The number of ether oxygens (including phenoxy) is 2. The van der Waals surface area contributed by atoms with Crippen molar-refractivity contribution in [3.63, 3.8) is 0 Å². The molecule has 110 valence electrons. The maximum atomic E-state index is 11.7. The third-order valence-corrected chi connectivity index (χ3v) is 3.29. The van der Waals surface area contributed by atoms with Crippen LogP contribution in [0, 0.1) is 0 Å². The topological polar surface area (TPSA) is 82.1 Å². The van der Waals surface area contributed by atoms with Crippen molar-refractivity contribution in [2.75, 3.05) is 31.4 Å². The highest BCUT2D eigenvalue weighted by Crippen LogP contribution is 2.24. The lowest BCUT2D eigenvalue weighted by Gasteiger charge is -2.13. The van der Waals surface area contributed by atoms with Gasteiger partial charge in [-0.1, -0.05) is 0 Å². The molecule has 0 unspecified atom stereocenters. The number of cyclic esters (lactones) is 1. The molecule has 0 bridgehead atoms. The number of carbonyl (C=O) groups excluding carboxylic acids is 1. The maximum Gasteiger partial charge on any atom is 0.414 e. The molecule has 1 amide bonds. The molecule has 1 fully saturated rings. The number of amides is 1. The summed E-state index contributed by atoms with van der Waals surface area (Å²) in [7, 11) is -1.99. The van der Waals surface area contributed by atoms with E-state index in [0.717, 1.165) is 6.26 Å². The predicted molar refractivity (Wildman–Crippen MR) is 71.4 cm³/mol. The summed E-state index contributed by atoms with van der Waals surface area (Å²) in [6.07, 6.45) is -0.193. The van der Waals surface area contributed by atoms with Crippen LogP contribution >= 0.6 is 0 Å². The third-order valence-electron chi connectivity index (χ3n) is 2.73. The van der Waals surface area contributed by atoms with Crippen molar-refractivity contribution in [1.82, 2.24) is 0 Å². The molecule has 0 N–H and O–H groups in total. The van der Waals surface area contributed by atoms with Gasteiger partial charge in [0.25, 0.3) is 10.1 Å². The minimum absolute atomic E-state index is 0.183. The Kier molecular flexibility index (Phi) is 4.15. The van der Waals surface area contributed by atoms with Crippen molar-refractivity contribution in [3.8, 4) is 5.75 Å². The molecule has 7 nitrogen and oxygen atoms in total. The monoisotopic (exact) mass is 301 g/mol. The predicted octanol–water partition coefficient (Wildman–Crippen LogP) is 0.997. The van der Waals surface area contributed by atoms with Crippen molar-refractivity contribution in [2.45, 2.75) is 6.10 Å². The Labute approximate surface area is 117 Å². The number of hydrogen-bond acceptors (Lipinski definition) is 6. The van der Waals surface area contributed by atoms with Crippen molar-refractivity contribution in [1.29, 1.82) is 0 Å². The molecule has 1 aliphatic heterocycles. The van der Waals surface area contributed by atoms with Gasteiger partial charge in [-0.05, 0) is 24.3 Å². The first-order chi connectivity index (χ1) is 9.39. The van der Waals surface area contributed by atoms with Crippen LogP contribution in [0.4, 0.5) is 10.5 Å². The largest absolute Gasteiger partial charge is 0.497 e. The molecular formula is C12H15NO6S. The van der Waals surface area contributed by atoms with Crippen LogP contribution in [0.5, 0.6) is 5.75 Å². The van der Waals surface area contributed by atoms with Gasteiger partial charge in [-0.2, -0.15) is 8.42 Å². The lowest BCUT2D eigenvalue weighted by molar-refractivity contribution is 0.107. The van der Waals surface area contributed by atoms with Gasteiger partial charge in [-0.25, -0.2) is 4.79 Å². The van der Waals surface area contributed by atoms with E-state index < -0.39 is 22.3 Å². The fourth-order valence-corrected chi connectivity index (χ4v) is 2.18. The number of nitrogens with zero attached hydrogens (tertiary/aromatic N) is 1. The molecule has 1 heterocycles. The summed E-state index contributed by atoms with van der Waals surface area (Å²) in [5, 5.41) is 0. The van der Waals surface area contributed by atoms with Gasteiger partial charge in [0.2, 0.25) is 0 Å². The van der Waals surface area contributed by atoms with E-state index in [4.69, 9.17) is 9.47 Å². The van der Waals surface area contributed by atoms with Gasteiger partial charge in [-0.3, -0.25) is 9.08 Å². The van der Waals surface area contributed by atoms with Gasteiger partial charge in [-0.15, -0.1) is 0 Å². The second-order valence-electron chi connectivity index (χ2n) is 4.30. The number of benzene rings is 1. The van der Waals surface area contributed by atoms with E-state index in [-0.39, 0.29) is 13.2 Å². The standard InChI is InChI=1S/C12H15NO6S/c1-17-10-5-3-9(4-6-10)13-7-11(19-12(13)14)8-18-20(2,15)16/h3-6,11H,7-8H2,1-2H3/t11-/m0/s1. The second kappa shape index (κ2) is 5.68. The number of anilines is 1. The van der Waals surface area contributed by atoms with Crippen LogP contribution in [-0.4, -0.2) is 47.1 Å². The minimum atomic E-state index is -3.55. The van der Waals surface area contributed by atoms with Crippen molar-refractivity contribution in [3.05, 3.63) is 24.3 Å². The Morgan fingerprint density at radius 3 is 2.55 bits per heavy atom. The first-order valence-electron chi connectivity index (χ1n) is 5.85. The first kappa shape index (κ1) is 14.6. The van der Waals surface area contributed by atoms with E-state index in [1.807, 2.05) is 0 Å². The van der Waals surface area contributed by atoms with E-state index >= 15 is 0 Å². The van der Waals surface area contributed by atoms with E-state index in [1.54, 1.807) is 31.4 Å². The SMILES string of the molecule is COc1ccc(N2C[C@@H](COS(C)(=O)=O)OC2=O)cc1. The van der Waals surface area contributed by atoms with Crippen molar-refractivity contribution >= 4 is 21.9 Å². The molecule has 0 aliphatic carbocycles. The van der Waals surface area contributed by atoms with Gasteiger partial charge in [0.05, 0.1) is 19.9 Å². The van der Waals surface area contributed by atoms with Crippen molar-refractivity contribution in [2.24, 2.45) is 0 Å². The van der Waals surface area contributed by atoms with Gasteiger partial charge in [0.1, 0.15) is 18.5 Å². The fraction of sp³-hybridized carbons (Fsp3) is 0.417. The van der Waals surface area contributed by atoms with Crippen LogP contribution in [0.1, 0.15) is 0 Å². The molecule has 8 heteroatoms. The summed E-state index contributed by atoms with van der Waals surface area (Å²) in [6.45, 7) is 0.0535. The average molecular weight is 301 g/mol. The lowest BCUT2D eigenvalue weighted by Crippen LogP contribution is -2.26. The molecule has 1 saturated heterocycles. The summed E-state index contributed by atoms with van der Waals surface area (Å²) < 4.78 is 36.5. The van der Waals surface area contributed by atoms with E-state index in [2.05, 4.69) is 4.18 Å². The van der Waals surface area contributed by atoms with Gasteiger partial charge < -0.3 is 9.47 Å². The summed E-state index contributed by atoms with van der Waals surface area (Å²) in [6, 6.07) is 6.89. The van der Waals surface area contributed by atoms with Gasteiger partial charge in [0.15, 0.2) is 0 Å². The second-order valence-corrected chi connectivity index (χ2v) is 5.95. The smallest absolute Gasteiger partial charge is 0.414 e. The summed E-state index contributed by atoms with van der Waals surface area (Å²) in [5.41, 5.74) is 0.651. The first-order valence-corrected chi connectivity index (χ1v) is 7.67. The van der Waals surface area contributed by atoms with E-state index in [0.29, 0.717) is 11.4 Å². The van der Waals surface area contributed by atoms with Crippen LogP contribution in [0.15, 0.2) is 24.3 Å². The van der Waals surface area contributed by atoms with Gasteiger partial charge in [0, 0.05) is 5.69 Å². The molecule has 1 aromatic rings. The lowest BCUT2D eigenvalue weighted by atomic mass is 10.2. The molecule has 0 saturated carbocycles. The highest BCUT2D eigenvalue weighted by atomic mass is 32.2. The number of hydrogen-bond donors (Lipinski definition) is 0. The number of methoxy groups -OCH3 is 1. The molecule has 0 radical (unpaired) electrons. The van der Waals surface area contributed by atoms with Crippen molar-refractivity contribution < 1.29 is 26.9 Å². The molecule has 1 aliphatic rings. The minimum Gasteiger partial charge on any atom is -0.497 e. The zero-order chi connectivity index (χ0) is 14.8. The molecular weight excluding hydrogens is 286 g/mol. The summed E-state index contributed by atoms with van der Waals surface area (Å²) in [4.78, 5) is 13.1. The summed E-state index contributed by atoms with van der Waals surface area (Å²) in [5.74, 6) is 0.679. The van der Waals surface area contributed by atoms with E-state index in [1.165, 1.54) is 4.90 Å². The van der Waals surface area contributed by atoms with Crippen LogP contribution in [0.3, 0.4) is 0 Å². The normalized spacial score (nSPS) is 19.0. The molecule has 1 atom stereocenters. The molecule has 2 rings (SSSR count). The van der Waals surface area contributed by atoms with Crippen LogP contribution in [-0.2, 0) is 19.0 Å². The quantitative estimate of drug-likeness (QED) is 0.755. The highest BCUT2D eigenvalue weighted by molar-refractivity contribution is 7.85.